The Morgan fingerprint density at radius 2 is 2.17 bits per heavy atom. The lowest BCUT2D eigenvalue weighted by Gasteiger charge is -2.35. The summed E-state index contributed by atoms with van der Waals surface area (Å²) in [5, 5.41) is 15.2. The fourth-order valence-electron chi connectivity index (χ4n) is 4.17. The van der Waals surface area contributed by atoms with Crippen molar-refractivity contribution in [1.29, 1.82) is 0 Å². The SMILES string of the molecule is O=C(N[C@@H]1CCCN(c2ncnc3[nH]ncc23)C1)[C@H](Nc1cccc(Cl)c1)C1CC1. The molecule has 1 saturated carbocycles. The van der Waals surface area contributed by atoms with Crippen LogP contribution in [0.2, 0.25) is 5.02 Å². The van der Waals surface area contributed by atoms with Gasteiger partial charge in [0.2, 0.25) is 5.91 Å². The molecule has 0 unspecified atom stereocenters. The van der Waals surface area contributed by atoms with Gasteiger partial charge in [0.05, 0.1) is 11.6 Å². The Kier molecular flexibility index (Phi) is 5.16. The van der Waals surface area contributed by atoms with Gasteiger partial charge in [-0.3, -0.25) is 9.89 Å². The quantitative estimate of drug-likeness (QED) is 0.561. The lowest BCUT2D eigenvalue weighted by atomic mass is 10.0. The number of carbonyl (C=O) groups is 1. The summed E-state index contributed by atoms with van der Waals surface area (Å²) >= 11 is 6.10. The molecule has 0 spiro atoms. The Balaban J connectivity index is 1.27. The molecular formula is C21H24ClN7O. The monoisotopic (exact) mass is 425 g/mol. The number of rotatable bonds is 6. The van der Waals surface area contributed by atoms with E-state index < -0.39 is 0 Å². The van der Waals surface area contributed by atoms with E-state index in [-0.39, 0.29) is 18.0 Å². The molecule has 0 bridgehead atoms. The summed E-state index contributed by atoms with van der Waals surface area (Å²) < 4.78 is 0. The molecule has 1 amide bonds. The highest BCUT2D eigenvalue weighted by molar-refractivity contribution is 6.30. The number of hydrogen-bond acceptors (Lipinski definition) is 6. The number of aromatic amines is 1. The van der Waals surface area contributed by atoms with Gasteiger partial charge in [-0.15, -0.1) is 0 Å². The second-order valence-corrected chi connectivity index (χ2v) is 8.53. The molecule has 1 aromatic carbocycles. The zero-order chi connectivity index (χ0) is 20.5. The van der Waals surface area contributed by atoms with Crippen molar-refractivity contribution >= 4 is 40.0 Å². The first-order valence-electron chi connectivity index (χ1n) is 10.4. The minimum Gasteiger partial charge on any atom is -0.373 e. The maximum atomic E-state index is 13.1. The number of amides is 1. The lowest BCUT2D eigenvalue weighted by Crippen LogP contribution is -2.52. The number of carbonyl (C=O) groups excluding carboxylic acids is 1. The van der Waals surface area contributed by atoms with Gasteiger partial charge in [-0.1, -0.05) is 17.7 Å². The van der Waals surface area contributed by atoms with Gasteiger partial charge in [-0.05, 0) is 49.8 Å². The molecule has 30 heavy (non-hydrogen) atoms. The molecule has 9 heteroatoms. The molecule has 1 saturated heterocycles. The summed E-state index contributed by atoms with van der Waals surface area (Å²) in [5.74, 6) is 1.29. The molecule has 5 rings (SSSR count). The van der Waals surface area contributed by atoms with Gasteiger partial charge in [0.1, 0.15) is 18.2 Å². The summed E-state index contributed by atoms with van der Waals surface area (Å²) in [7, 11) is 0. The van der Waals surface area contributed by atoms with Crippen LogP contribution in [-0.4, -0.2) is 51.2 Å². The minimum absolute atomic E-state index is 0.0560. The van der Waals surface area contributed by atoms with Crippen molar-refractivity contribution in [3.8, 4) is 0 Å². The van der Waals surface area contributed by atoms with Gasteiger partial charge in [0, 0.05) is 29.8 Å². The average molecular weight is 426 g/mol. The summed E-state index contributed by atoms with van der Waals surface area (Å²) in [4.78, 5) is 24.0. The van der Waals surface area contributed by atoms with Crippen LogP contribution in [0, 0.1) is 5.92 Å². The van der Waals surface area contributed by atoms with E-state index in [1.165, 1.54) is 0 Å². The molecule has 1 aliphatic heterocycles. The van der Waals surface area contributed by atoms with Crippen LogP contribution in [0.1, 0.15) is 25.7 Å². The molecule has 3 heterocycles. The van der Waals surface area contributed by atoms with E-state index in [0.717, 1.165) is 61.3 Å². The average Bonchev–Trinajstić information content (AvgIpc) is 3.47. The number of fused-ring (bicyclic) bond motifs is 1. The number of nitrogens with zero attached hydrogens (tertiary/aromatic N) is 4. The number of benzene rings is 1. The molecule has 1 aliphatic carbocycles. The van der Waals surface area contributed by atoms with Gasteiger partial charge in [0.25, 0.3) is 0 Å². The van der Waals surface area contributed by atoms with Gasteiger partial charge in [-0.25, -0.2) is 9.97 Å². The first-order valence-corrected chi connectivity index (χ1v) is 10.8. The third-order valence-corrected chi connectivity index (χ3v) is 6.05. The third kappa shape index (κ3) is 4.05. The van der Waals surface area contributed by atoms with Crippen molar-refractivity contribution in [1.82, 2.24) is 25.5 Å². The number of aromatic nitrogens is 4. The lowest BCUT2D eigenvalue weighted by molar-refractivity contribution is -0.123. The van der Waals surface area contributed by atoms with E-state index in [1.807, 2.05) is 24.3 Å². The second kappa shape index (κ2) is 8.10. The van der Waals surface area contributed by atoms with Crippen molar-refractivity contribution in [2.24, 2.45) is 5.92 Å². The van der Waals surface area contributed by atoms with E-state index in [0.29, 0.717) is 10.9 Å². The topological polar surface area (TPSA) is 98.8 Å². The highest BCUT2D eigenvalue weighted by Crippen LogP contribution is 2.35. The van der Waals surface area contributed by atoms with Crippen molar-refractivity contribution in [2.45, 2.75) is 37.8 Å². The van der Waals surface area contributed by atoms with E-state index in [1.54, 1.807) is 12.5 Å². The van der Waals surface area contributed by atoms with E-state index in [4.69, 9.17) is 11.6 Å². The molecule has 0 radical (unpaired) electrons. The summed E-state index contributed by atoms with van der Waals surface area (Å²) in [6.07, 6.45) is 7.39. The molecule has 2 fully saturated rings. The number of anilines is 2. The fraction of sp³-hybridized carbons (Fsp3) is 0.429. The molecule has 3 aromatic rings. The number of hydrogen-bond donors (Lipinski definition) is 3. The van der Waals surface area contributed by atoms with Crippen LogP contribution in [0.15, 0.2) is 36.8 Å². The number of H-pyrrole nitrogens is 1. The standard InChI is InChI=1S/C21H24ClN7O/c22-14-3-1-4-15(9-14)26-18(13-6-7-13)21(30)27-16-5-2-8-29(11-16)20-17-10-25-28-19(17)23-12-24-20/h1,3-4,9-10,12-13,16,18,26H,2,5-8,11H2,(H,27,30)(H,23,24,25,28)/t16-,18-/m1/s1. The normalized spacial score (nSPS) is 20.2. The smallest absolute Gasteiger partial charge is 0.243 e. The van der Waals surface area contributed by atoms with Crippen molar-refractivity contribution < 1.29 is 4.79 Å². The maximum Gasteiger partial charge on any atom is 0.243 e. The van der Waals surface area contributed by atoms with E-state index in [9.17, 15) is 4.79 Å². The Morgan fingerprint density at radius 1 is 1.27 bits per heavy atom. The molecule has 8 nitrogen and oxygen atoms in total. The van der Waals surface area contributed by atoms with Gasteiger partial charge >= 0.3 is 0 Å². The van der Waals surface area contributed by atoms with Crippen LogP contribution in [0.25, 0.3) is 11.0 Å². The zero-order valence-electron chi connectivity index (χ0n) is 16.5. The van der Waals surface area contributed by atoms with Gasteiger partial charge in [-0.2, -0.15) is 5.10 Å². The van der Waals surface area contributed by atoms with Crippen LogP contribution in [0.3, 0.4) is 0 Å². The Hall–Kier alpha value is -2.87. The zero-order valence-corrected chi connectivity index (χ0v) is 17.3. The predicted octanol–water partition coefficient (Wildman–Crippen LogP) is 2.98. The molecule has 2 atom stereocenters. The third-order valence-electron chi connectivity index (χ3n) is 5.82. The van der Waals surface area contributed by atoms with Crippen molar-refractivity contribution in [3.63, 3.8) is 0 Å². The predicted molar refractivity (Wildman–Crippen MR) is 117 cm³/mol. The van der Waals surface area contributed by atoms with Crippen LogP contribution >= 0.6 is 11.6 Å². The molecule has 156 valence electrons. The molecule has 2 aliphatic rings. The maximum absolute atomic E-state index is 13.1. The fourth-order valence-corrected chi connectivity index (χ4v) is 4.36. The van der Waals surface area contributed by atoms with E-state index >= 15 is 0 Å². The van der Waals surface area contributed by atoms with Crippen LogP contribution < -0.4 is 15.5 Å². The van der Waals surface area contributed by atoms with Crippen LogP contribution in [-0.2, 0) is 4.79 Å². The Labute approximate surface area is 179 Å². The van der Waals surface area contributed by atoms with Crippen molar-refractivity contribution in [3.05, 3.63) is 41.8 Å². The summed E-state index contributed by atoms with van der Waals surface area (Å²) in [5.41, 5.74) is 1.61. The highest BCUT2D eigenvalue weighted by Gasteiger charge is 2.37. The molecular weight excluding hydrogens is 402 g/mol. The summed E-state index contributed by atoms with van der Waals surface area (Å²) in [6.45, 7) is 1.62. The Bertz CT molecular complexity index is 1050. The largest absolute Gasteiger partial charge is 0.373 e. The van der Waals surface area contributed by atoms with E-state index in [2.05, 4.69) is 35.7 Å². The highest BCUT2D eigenvalue weighted by atomic mass is 35.5. The van der Waals surface area contributed by atoms with Crippen molar-refractivity contribution in [2.75, 3.05) is 23.3 Å². The van der Waals surface area contributed by atoms with Crippen LogP contribution in [0.5, 0.6) is 0 Å². The number of nitrogens with one attached hydrogen (secondary N) is 3. The van der Waals surface area contributed by atoms with Crippen LogP contribution in [0.4, 0.5) is 11.5 Å². The second-order valence-electron chi connectivity index (χ2n) is 8.09. The first-order chi connectivity index (χ1) is 14.7. The molecule has 2 aromatic heterocycles. The van der Waals surface area contributed by atoms with Gasteiger partial charge in [0.15, 0.2) is 5.65 Å². The number of halogens is 1. The summed E-state index contributed by atoms with van der Waals surface area (Å²) in [6, 6.07) is 7.37. The minimum atomic E-state index is -0.238. The number of piperidine rings is 1. The first kappa shape index (κ1) is 19.1. The van der Waals surface area contributed by atoms with Gasteiger partial charge < -0.3 is 15.5 Å². The molecule has 3 N–H and O–H groups in total. The Morgan fingerprint density at radius 3 is 3.00 bits per heavy atom.